The molecule has 0 aliphatic rings. The molecule has 1 N–H and O–H groups in total. The Hall–Kier alpha value is -2.17. The average Bonchev–Trinajstić information content (AvgIpc) is 2.45. The summed E-state index contributed by atoms with van der Waals surface area (Å²) in [4.78, 5) is 0. The van der Waals surface area contributed by atoms with E-state index in [2.05, 4.69) is 5.32 Å². The van der Waals surface area contributed by atoms with Crippen molar-refractivity contribution in [2.75, 3.05) is 12.4 Å². The second-order valence-corrected chi connectivity index (χ2v) is 4.28. The zero-order valence-electron chi connectivity index (χ0n) is 10.9. The zero-order valence-corrected chi connectivity index (χ0v) is 10.9. The molecule has 0 saturated carbocycles. The minimum atomic E-state index is -4.32. The number of alkyl halides is 3. The Morgan fingerprint density at radius 2 is 1.75 bits per heavy atom. The smallest absolute Gasteiger partial charge is 0.416 e. The molecule has 20 heavy (non-hydrogen) atoms. The van der Waals surface area contributed by atoms with Crippen LogP contribution in [0.15, 0.2) is 48.5 Å². The Morgan fingerprint density at radius 1 is 1.05 bits per heavy atom. The van der Waals surface area contributed by atoms with E-state index in [1.807, 2.05) is 24.3 Å². The monoisotopic (exact) mass is 281 g/mol. The summed E-state index contributed by atoms with van der Waals surface area (Å²) in [5, 5.41) is 2.97. The number of halogens is 3. The minimum absolute atomic E-state index is 0.440. The van der Waals surface area contributed by atoms with Crippen molar-refractivity contribution < 1.29 is 17.9 Å². The largest absolute Gasteiger partial charge is 0.497 e. The second-order valence-electron chi connectivity index (χ2n) is 4.28. The molecule has 0 aliphatic carbocycles. The molecular weight excluding hydrogens is 267 g/mol. The van der Waals surface area contributed by atoms with E-state index in [0.29, 0.717) is 12.2 Å². The van der Waals surface area contributed by atoms with Crippen LogP contribution in [0.3, 0.4) is 0 Å². The Labute approximate surface area is 115 Å². The third kappa shape index (κ3) is 3.66. The minimum Gasteiger partial charge on any atom is -0.497 e. The van der Waals surface area contributed by atoms with E-state index < -0.39 is 11.7 Å². The summed E-state index contributed by atoms with van der Waals surface area (Å²) in [5.74, 6) is 0.743. The van der Waals surface area contributed by atoms with Gasteiger partial charge >= 0.3 is 6.18 Å². The molecule has 2 nitrogen and oxygen atoms in total. The standard InChI is InChI=1S/C15H14F3NO/c1-20-14-7-5-11(6-8-14)10-19-13-4-2-3-12(9-13)15(16,17)18/h2-9,19H,10H2,1H3. The lowest BCUT2D eigenvalue weighted by molar-refractivity contribution is -0.137. The first-order chi connectivity index (χ1) is 9.49. The first kappa shape index (κ1) is 14.2. The van der Waals surface area contributed by atoms with E-state index in [1.165, 1.54) is 6.07 Å². The van der Waals surface area contributed by atoms with Crippen LogP contribution in [0.25, 0.3) is 0 Å². The van der Waals surface area contributed by atoms with Crippen molar-refractivity contribution in [1.82, 2.24) is 0 Å². The lowest BCUT2D eigenvalue weighted by Gasteiger charge is -2.11. The van der Waals surface area contributed by atoms with Crippen molar-refractivity contribution in [1.29, 1.82) is 0 Å². The molecule has 0 bridgehead atoms. The average molecular weight is 281 g/mol. The van der Waals surface area contributed by atoms with Gasteiger partial charge < -0.3 is 10.1 Å². The maximum atomic E-state index is 12.6. The molecule has 0 atom stereocenters. The van der Waals surface area contributed by atoms with Gasteiger partial charge in [0.1, 0.15) is 5.75 Å². The van der Waals surface area contributed by atoms with Crippen LogP contribution in [0.5, 0.6) is 5.75 Å². The maximum Gasteiger partial charge on any atom is 0.416 e. The number of hydrogen-bond acceptors (Lipinski definition) is 2. The summed E-state index contributed by atoms with van der Waals surface area (Å²) in [6.07, 6.45) is -4.32. The molecule has 2 aromatic rings. The van der Waals surface area contributed by atoms with Crippen molar-refractivity contribution in [2.45, 2.75) is 12.7 Å². The molecule has 2 rings (SSSR count). The second kappa shape index (κ2) is 5.86. The van der Waals surface area contributed by atoms with E-state index in [4.69, 9.17) is 4.74 Å². The quantitative estimate of drug-likeness (QED) is 0.900. The molecule has 0 saturated heterocycles. The van der Waals surface area contributed by atoms with E-state index in [1.54, 1.807) is 13.2 Å². The fraction of sp³-hybridized carbons (Fsp3) is 0.200. The van der Waals surface area contributed by atoms with Gasteiger partial charge in [-0.25, -0.2) is 0 Å². The number of hydrogen-bond donors (Lipinski definition) is 1. The van der Waals surface area contributed by atoms with Crippen molar-refractivity contribution in [3.63, 3.8) is 0 Å². The van der Waals surface area contributed by atoms with Crippen LogP contribution in [-0.2, 0) is 12.7 Å². The van der Waals surface area contributed by atoms with Crippen LogP contribution in [0, 0.1) is 0 Å². The fourth-order valence-electron chi connectivity index (χ4n) is 1.75. The van der Waals surface area contributed by atoms with Gasteiger partial charge in [-0.3, -0.25) is 0 Å². The predicted molar refractivity (Wildman–Crippen MR) is 71.8 cm³/mol. The lowest BCUT2D eigenvalue weighted by Crippen LogP contribution is -2.06. The highest BCUT2D eigenvalue weighted by Crippen LogP contribution is 2.30. The van der Waals surface area contributed by atoms with Gasteiger partial charge in [-0.2, -0.15) is 13.2 Å². The Bertz CT molecular complexity index is 564. The maximum absolute atomic E-state index is 12.6. The van der Waals surface area contributed by atoms with E-state index in [-0.39, 0.29) is 0 Å². The molecule has 0 radical (unpaired) electrons. The molecule has 5 heteroatoms. The predicted octanol–water partition coefficient (Wildman–Crippen LogP) is 4.33. The van der Waals surface area contributed by atoms with Gasteiger partial charge in [0.15, 0.2) is 0 Å². The number of ether oxygens (including phenoxy) is 1. The molecule has 106 valence electrons. The first-order valence-corrected chi connectivity index (χ1v) is 6.03. The normalized spacial score (nSPS) is 11.2. The zero-order chi connectivity index (χ0) is 14.6. The van der Waals surface area contributed by atoms with Gasteiger partial charge in [0.25, 0.3) is 0 Å². The number of benzene rings is 2. The molecule has 0 spiro atoms. The molecule has 2 aromatic carbocycles. The number of rotatable bonds is 4. The summed E-state index contributed by atoms with van der Waals surface area (Å²) in [5.41, 5.74) is 0.746. The summed E-state index contributed by atoms with van der Waals surface area (Å²) in [7, 11) is 1.58. The SMILES string of the molecule is COc1ccc(CNc2cccc(C(F)(F)F)c2)cc1. The summed E-state index contributed by atoms with van der Waals surface area (Å²) in [6, 6.07) is 12.5. The number of methoxy groups -OCH3 is 1. The topological polar surface area (TPSA) is 21.3 Å². The van der Waals surface area contributed by atoms with Crippen molar-refractivity contribution in [3.05, 3.63) is 59.7 Å². The third-order valence-electron chi connectivity index (χ3n) is 2.85. The van der Waals surface area contributed by atoms with Gasteiger partial charge in [0.05, 0.1) is 12.7 Å². The Morgan fingerprint density at radius 3 is 2.35 bits per heavy atom. The summed E-state index contributed by atoms with van der Waals surface area (Å²) >= 11 is 0. The van der Waals surface area contributed by atoms with Crippen molar-refractivity contribution in [3.8, 4) is 5.75 Å². The summed E-state index contributed by atoms with van der Waals surface area (Å²) < 4.78 is 42.8. The molecule has 0 aromatic heterocycles. The van der Waals surface area contributed by atoms with Crippen LogP contribution < -0.4 is 10.1 Å². The van der Waals surface area contributed by atoms with Gasteiger partial charge in [0.2, 0.25) is 0 Å². The van der Waals surface area contributed by atoms with Crippen LogP contribution in [0.1, 0.15) is 11.1 Å². The van der Waals surface area contributed by atoms with Crippen molar-refractivity contribution in [2.24, 2.45) is 0 Å². The molecule has 0 aliphatic heterocycles. The highest BCUT2D eigenvalue weighted by atomic mass is 19.4. The molecule has 0 amide bonds. The van der Waals surface area contributed by atoms with Crippen molar-refractivity contribution >= 4 is 5.69 Å². The lowest BCUT2D eigenvalue weighted by atomic mass is 10.1. The highest BCUT2D eigenvalue weighted by molar-refractivity contribution is 5.47. The number of nitrogens with one attached hydrogen (secondary N) is 1. The van der Waals surface area contributed by atoms with Gasteiger partial charge in [-0.1, -0.05) is 18.2 Å². The third-order valence-corrected chi connectivity index (χ3v) is 2.85. The van der Waals surface area contributed by atoms with E-state index in [0.717, 1.165) is 23.4 Å². The van der Waals surface area contributed by atoms with Crippen LogP contribution in [0.4, 0.5) is 18.9 Å². The summed E-state index contributed by atoms with van der Waals surface area (Å²) in [6.45, 7) is 0.450. The van der Waals surface area contributed by atoms with Gasteiger partial charge in [-0.05, 0) is 35.9 Å². The van der Waals surface area contributed by atoms with E-state index in [9.17, 15) is 13.2 Å². The molecular formula is C15H14F3NO. The number of anilines is 1. The van der Waals surface area contributed by atoms with Crippen LogP contribution in [0.2, 0.25) is 0 Å². The Balaban J connectivity index is 2.03. The van der Waals surface area contributed by atoms with Crippen LogP contribution >= 0.6 is 0 Å². The van der Waals surface area contributed by atoms with Gasteiger partial charge in [-0.15, -0.1) is 0 Å². The highest BCUT2D eigenvalue weighted by Gasteiger charge is 2.30. The van der Waals surface area contributed by atoms with Gasteiger partial charge in [0, 0.05) is 12.2 Å². The molecule has 0 fully saturated rings. The van der Waals surface area contributed by atoms with E-state index >= 15 is 0 Å². The van der Waals surface area contributed by atoms with Crippen LogP contribution in [-0.4, -0.2) is 7.11 Å². The molecule has 0 unspecified atom stereocenters. The first-order valence-electron chi connectivity index (χ1n) is 6.03. The Kier molecular flexibility index (Phi) is 4.17. The molecule has 0 heterocycles. The fourth-order valence-corrected chi connectivity index (χ4v) is 1.75.